The summed E-state index contributed by atoms with van der Waals surface area (Å²) in [5, 5.41) is 21.2. The van der Waals surface area contributed by atoms with Crippen molar-refractivity contribution in [1.82, 2.24) is 0 Å². The molecule has 1 aliphatic heterocycles. The van der Waals surface area contributed by atoms with Gasteiger partial charge in [-0.15, -0.1) is 0 Å². The summed E-state index contributed by atoms with van der Waals surface area (Å²) in [6, 6.07) is 19.9. The molecule has 1 unspecified atom stereocenters. The number of nitrogens with one attached hydrogen (secondary N) is 1. The van der Waals surface area contributed by atoms with E-state index in [1.54, 1.807) is 0 Å². The Labute approximate surface area is 130 Å². The second-order valence-corrected chi connectivity index (χ2v) is 5.42. The highest BCUT2D eigenvalue weighted by Gasteiger charge is 2.22. The van der Waals surface area contributed by atoms with Crippen LogP contribution in [0.2, 0.25) is 0 Å². The average molecular weight is 288 g/mol. The third-order valence-corrected chi connectivity index (χ3v) is 3.93. The number of nitriles is 2. The fourth-order valence-corrected chi connectivity index (χ4v) is 2.74. The largest absolute Gasteiger partial charge is 0.380 e. The second kappa shape index (κ2) is 6.20. The summed E-state index contributed by atoms with van der Waals surface area (Å²) < 4.78 is 0. The molecule has 4 nitrogen and oxygen atoms in total. The smallest absolute Gasteiger partial charge is 0.0991 e. The van der Waals surface area contributed by atoms with Crippen molar-refractivity contribution in [1.29, 1.82) is 10.5 Å². The molecule has 0 spiro atoms. The molecule has 22 heavy (non-hydrogen) atoms. The molecule has 1 aliphatic rings. The fraction of sp³-hybridized carbons (Fsp3) is 0.222. The van der Waals surface area contributed by atoms with Gasteiger partial charge in [0.15, 0.2) is 0 Å². The Morgan fingerprint density at radius 2 is 1.50 bits per heavy atom. The lowest BCUT2D eigenvalue weighted by Crippen LogP contribution is -2.25. The van der Waals surface area contributed by atoms with E-state index in [0.717, 1.165) is 30.9 Å². The minimum Gasteiger partial charge on any atom is -0.380 e. The number of nitrogens with zero attached hydrogens (tertiary/aromatic N) is 3. The number of rotatable bonds is 3. The van der Waals surface area contributed by atoms with Crippen molar-refractivity contribution >= 4 is 11.4 Å². The maximum atomic E-state index is 8.84. The Morgan fingerprint density at radius 3 is 2.09 bits per heavy atom. The van der Waals surface area contributed by atoms with E-state index in [0.29, 0.717) is 17.2 Å². The summed E-state index contributed by atoms with van der Waals surface area (Å²) in [6.45, 7) is 1.94. The maximum Gasteiger partial charge on any atom is 0.0991 e. The van der Waals surface area contributed by atoms with Crippen molar-refractivity contribution in [3.63, 3.8) is 0 Å². The molecule has 3 rings (SSSR count). The van der Waals surface area contributed by atoms with Gasteiger partial charge in [0.2, 0.25) is 0 Å². The van der Waals surface area contributed by atoms with Crippen LogP contribution in [-0.4, -0.2) is 19.1 Å². The van der Waals surface area contributed by atoms with E-state index in [1.807, 2.05) is 48.5 Å². The Bertz CT molecular complexity index is 720. The van der Waals surface area contributed by atoms with Gasteiger partial charge in [0.25, 0.3) is 0 Å². The first-order valence-corrected chi connectivity index (χ1v) is 7.30. The lowest BCUT2D eigenvalue weighted by atomic mass is 10.2. The van der Waals surface area contributed by atoms with Gasteiger partial charge in [0.1, 0.15) is 0 Å². The summed E-state index contributed by atoms with van der Waals surface area (Å²) in [5.41, 5.74) is 3.57. The summed E-state index contributed by atoms with van der Waals surface area (Å²) in [6.07, 6.45) is 1.07. The summed E-state index contributed by atoms with van der Waals surface area (Å²) in [5.74, 6) is 0. The van der Waals surface area contributed by atoms with E-state index in [2.05, 4.69) is 22.4 Å². The quantitative estimate of drug-likeness (QED) is 0.942. The first kappa shape index (κ1) is 14.0. The highest BCUT2D eigenvalue weighted by molar-refractivity contribution is 5.53. The molecule has 2 aromatic rings. The van der Waals surface area contributed by atoms with Crippen LogP contribution in [0, 0.1) is 22.7 Å². The first-order valence-electron chi connectivity index (χ1n) is 7.30. The van der Waals surface area contributed by atoms with Crippen LogP contribution in [0.1, 0.15) is 17.5 Å². The Hall–Kier alpha value is -2.98. The van der Waals surface area contributed by atoms with Crippen molar-refractivity contribution in [2.45, 2.75) is 12.5 Å². The molecule has 108 valence electrons. The Balaban J connectivity index is 1.61. The van der Waals surface area contributed by atoms with Crippen molar-refractivity contribution in [2.24, 2.45) is 0 Å². The van der Waals surface area contributed by atoms with E-state index in [-0.39, 0.29) is 0 Å². The average Bonchev–Trinajstić information content (AvgIpc) is 3.04. The Morgan fingerprint density at radius 1 is 0.909 bits per heavy atom. The highest BCUT2D eigenvalue weighted by atomic mass is 15.2. The molecule has 1 fully saturated rings. The SMILES string of the molecule is N#Cc1ccc(NC2CCN(c3ccc(C#N)cc3)C2)cc1. The first-order chi connectivity index (χ1) is 10.8. The number of anilines is 2. The van der Waals surface area contributed by atoms with Gasteiger partial charge in [-0.05, 0) is 55.0 Å². The second-order valence-electron chi connectivity index (χ2n) is 5.42. The summed E-state index contributed by atoms with van der Waals surface area (Å²) in [7, 11) is 0. The van der Waals surface area contributed by atoms with Crippen molar-refractivity contribution in [3.05, 3.63) is 59.7 Å². The predicted molar refractivity (Wildman–Crippen MR) is 86.6 cm³/mol. The van der Waals surface area contributed by atoms with E-state index < -0.39 is 0 Å². The highest BCUT2D eigenvalue weighted by Crippen LogP contribution is 2.23. The van der Waals surface area contributed by atoms with E-state index in [4.69, 9.17) is 10.5 Å². The van der Waals surface area contributed by atoms with Crippen LogP contribution in [0.4, 0.5) is 11.4 Å². The lowest BCUT2D eigenvalue weighted by molar-refractivity contribution is 0.807. The molecule has 1 saturated heterocycles. The van der Waals surface area contributed by atoms with Crippen LogP contribution >= 0.6 is 0 Å². The number of hydrogen-bond donors (Lipinski definition) is 1. The van der Waals surface area contributed by atoms with Gasteiger partial charge >= 0.3 is 0 Å². The van der Waals surface area contributed by atoms with E-state index in [9.17, 15) is 0 Å². The molecular formula is C18H16N4. The van der Waals surface area contributed by atoms with Crippen LogP contribution in [0.25, 0.3) is 0 Å². The minimum absolute atomic E-state index is 0.392. The van der Waals surface area contributed by atoms with Crippen molar-refractivity contribution < 1.29 is 0 Å². The molecule has 2 aromatic carbocycles. The molecule has 0 bridgehead atoms. The summed E-state index contributed by atoms with van der Waals surface area (Å²) in [4.78, 5) is 2.32. The molecule has 1 atom stereocenters. The van der Waals surface area contributed by atoms with Gasteiger partial charge in [0.05, 0.1) is 23.3 Å². The molecule has 0 amide bonds. The van der Waals surface area contributed by atoms with Gasteiger partial charge < -0.3 is 10.2 Å². The lowest BCUT2D eigenvalue weighted by Gasteiger charge is -2.19. The molecule has 4 heteroatoms. The van der Waals surface area contributed by atoms with E-state index in [1.165, 1.54) is 0 Å². The molecule has 0 radical (unpaired) electrons. The van der Waals surface area contributed by atoms with Gasteiger partial charge in [-0.3, -0.25) is 0 Å². The van der Waals surface area contributed by atoms with Crippen LogP contribution < -0.4 is 10.2 Å². The third kappa shape index (κ3) is 3.02. The zero-order valence-electron chi connectivity index (χ0n) is 12.2. The monoisotopic (exact) mass is 288 g/mol. The molecule has 0 aliphatic carbocycles. The maximum absolute atomic E-state index is 8.84. The zero-order chi connectivity index (χ0) is 15.4. The molecule has 0 aromatic heterocycles. The third-order valence-electron chi connectivity index (χ3n) is 3.93. The number of hydrogen-bond acceptors (Lipinski definition) is 4. The zero-order valence-corrected chi connectivity index (χ0v) is 12.2. The molecular weight excluding hydrogens is 272 g/mol. The van der Waals surface area contributed by atoms with Crippen LogP contribution in [0.5, 0.6) is 0 Å². The van der Waals surface area contributed by atoms with Gasteiger partial charge in [0, 0.05) is 30.5 Å². The standard InChI is InChI=1S/C18H16N4/c19-11-14-1-5-16(6-2-14)21-17-9-10-22(13-17)18-7-3-15(12-20)4-8-18/h1-8,17,21H,9-10,13H2. The van der Waals surface area contributed by atoms with Gasteiger partial charge in [-0.2, -0.15) is 10.5 Å². The molecule has 1 N–H and O–H groups in total. The number of benzene rings is 2. The van der Waals surface area contributed by atoms with Gasteiger partial charge in [-0.1, -0.05) is 0 Å². The predicted octanol–water partition coefficient (Wildman–Crippen LogP) is 3.12. The molecule has 0 saturated carbocycles. The minimum atomic E-state index is 0.392. The summed E-state index contributed by atoms with van der Waals surface area (Å²) >= 11 is 0. The van der Waals surface area contributed by atoms with E-state index >= 15 is 0 Å². The van der Waals surface area contributed by atoms with Crippen LogP contribution in [-0.2, 0) is 0 Å². The van der Waals surface area contributed by atoms with Crippen LogP contribution in [0.3, 0.4) is 0 Å². The normalized spacial score (nSPS) is 16.8. The fourth-order valence-electron chi connectivity index (χ4n) is 2.74. The van der Waals surface area contributed by atoms with Crippen molar-refractivity contribution in [2.75, 3.05) is 23.3 Å². The van der Waals surface area contributed by atoms with Gasteiger partial charge in [-0.25, -0.2) is 0 Å². The van der Waals surface area contributed by atoms with Crippen LogP contribution in [0.15, 0.2) is 48.5 Å². The topological polar surface area (TPSA) is 62.9 Å². The Kier molecular flexibility index (Phi) is 3.94. The molecule has 1 heterocycles. The van der Waals surface area contributed by atoms with Crippen molar-refractivity contribution in [3.8, 4) is 12.1 Å².